The van der Waals surface area contributed by atoms with Crippen molar-refractivity contribution in [3.63, 3.8) is 0 Å². The summed E-state index contributed by atoms with van der Waals surface area (Å²) in [7, 11) is 0. The van der Waals surface area contributed by atoms with Crippen LogP contribution in [0, 0.1) is 0 Å². The molecule has 1 aliphatic carbocycles. The van der Waals surface area contributed by atoms with Gasteiger partial charge in [-0.1, -0.05) is 11.2 Å². The van der Waals surface area contributed by atoms with Gasteiger partial charge in [-0.2, -0.15) is 4.98 Å². The highest BCUT2D eigenvalue weighted by Gasteiger charge is 2.38. The first kappa shape index (κ1) is 15.0. The predicted octanol–water partition coefficient (Wildman–Crippen LogP) is 1.82. The molecule has 108 valence electrons. The smallest absolute Gasteiger partial charge is 0.261 e. The second-order valence-corrected chi connectivity index (χ2v) is 5.63. The lowest BCUT2D eigenvalue weighted by Crippen LogP contribution is -2.44. The zero-order chi connectivity index (χ0) is 13.3. The van der Waals surface area contributed by atoms with E-state index < -0.39 is 5.54 Å². The summed E-state index contributed by atoms with van der Waals surface area (Å²) in [5, 5.41) is 8.48. The number of amides is 1. The minimum Gasteiger partial charge on any atom is -0.342 e. The van der Waals surface area contributed by atoms with E-state index in [-0.39, 0.29) is 24.9 Å². The first-order chi connectivity index (χ1) is 9.17. The minimum absolute atomic E-state index is 0. The molecule has 3 N–H and O–H groups in total. The van der Waals surface area contributed by atoms with Crippen molar-refractivity contribution >= 4 is 29.7 Å². The van der Waals surface area contributed by atoms with Gasteiger partial charge in [0.2, 0.25) is 5.89 Å². The average Bonchev–Trinajstić information content (AvgIpc) is 3.04. The third-order valence-corrected chi connectivity index (χ3v) is 4.17. The molecule has 1 fully saturated rings. The Morgan fingerprint density at radius 1 is 1.55 bits per heavy atom. The van der Waals surface area contributed by atoms with Gasteiger partial charge in [0.25, 0.3) is 5.91 Å². The second kappa shape index (κ2) is 5.90. The van der Waals surface area contributed by atoms with E-state index in [4.69, 9.17) is 10.3 Å². The van der Waals surface area contributed by atoms with E-state index in [0.29, 0.717) is 16.6 Å². The summed E-state index contributed by atoms with van der Waals surface area (Å²) in [5.41, 5.74) is 5.67. The number of thiophene rings is 1. The van der Waals surface area contributed by atoms with Crippen LogP contribution in [0.4, 0.5) is 0 Å². The fraction of sp³-hybridized carbons (Fsp3) is 0.417. The van der Waals surface area contributed by atoms with Crippen molar-refractivity contribution in [2.75, 3.05) is 0 Å². The Morgan fingerprint density at radius 2 is 2.35 bits per heavy atom. The van der Waals surface area contributed by atoms with Gasteiger partial charge in [-0.05, 0) is 30.7 Å². The van der Waals surface area contributed by atoms with Gasteiger partial charge in [-0.15, -0.1) is 23.7 Å². The summed E-state index contributed by atoms with van der Waals surface area (Å²) in [4.78, 5) is 16.6. The van der Waals surface area contributed by atoms with Gasteiger partial charge < -0.3 is 15.6 Å². The molecule has 0 unspecified atom stereocenters. The molecule has 1 aliphatic rings. The fourth-order valence-corrected chi connectivity index (χ4v) is 2.60. The molecule has 0 aromatic carbocycles. The molecule has 1 saturated carbocycles. The van der Waals surface area contributed by atoms with E-state index in [2.05, 4.69) is 15.5 Å². The van der Waals surface area contributed by atoms with Crippen LogP contribution in [0.5, 0.6) is 0 Å². The van der Waals surface area contributed by atoms with E-state index in [0.717, 1.165) is 19.3 Å². The molecule has 2 aromatic heterocycles. The predicted molar refractivity (Wildman–Crippen MR) is 76.8 cm³/mol. The lowest BCUT2D eigenvalue weighted by atomic mass is 9.77. The number of nitrogens with two attached hydrogens (primary N) is 1. The molecule has 2 heterocycles. The number of carbonyl (C=O) groups is 1. The Bertz CT molecular complexity index is 580. The van der Waals surface area contributed by atoms with Crippen LogP contribution in [0.2, 0.25) is 0 Å². The number of carbonyl (C=O) groups excluding carboxylic acids is 1. The van der Waals surface area contributed by atoms with Crippen LogP contribution in [0.15, 0.2) is 22.0 Å². The van der Waals surface area contributed by atoms with Gasteiger partial charge in [0, 0.05) is 0 Å². The highest BCUT2D eigenvalue weighted by atomic mass is 35.5. The van der Waals surface area contributed by atoms with Crippen LogP contribution in [-0.4, -0.2) is 16.0 Å². The average molecular weight is 315 g/mol. The Morgan fingerprint density at radius 3 is 2.95 bits per heavy atom. The minimum atomic E-state index is -0.431. The maximum atomic E-state index is 11.7. The summed E-state index contributed by atoms with van der Waals surface area (Å²) >= 11 is 1.39. The zero-order valence-corrected chi connectivity index (χ0v) is 12.3. The summed E-state index contributed by atoms with van der Waals surface area (Å²) in [6.07, 6.45) is 2.86. The van der Waals surface area contributed by atoms with Gasteiger partial charge in [0.15, 0.2) is 5.82 Å². The van der Waals surface area contributed by atoms with Crippen molar-refractivity contribution in [3.05, 3.63) is 34.1 Å². The first-order valence-electron chi connectivity index (χ1n) is 6.11. The molecule has 0 spiro atoms. The molecule has 0 atom stereocenters. The van der Waals surface area contributed by atoms with Crippen LogP contribution in [0.25, 0.3) is 0 Å². The maximum Gasteiger partial charge on any atom is 0.261 e. The molecular weight excluding hydrogens is 300 g/mol. The normalized spacial score (nSPS) is 16.1. The van der Waals surface area contributed by atoms with Crippen LogP contribution >= 0.6 is 23.7 Å². The van der Waals surface area contributed by atoms with E-state index in [1.54, 1.807) is 6.07 Å². The zero-order valence-electron chi connectivity index (χ0n) is 10.7. The number of aromatic nitrogens is 2. The molecule has 0 aliphatic heterocycles. The molecule has 6 nitrogen and oxygen atoms in total. The molecule has 0 radical (unpaired) electrons. The van der Waals surface area contributed by atoms with E-state index in [9.17, 15) is 4.79 Å². The first-order valence-corrected chi connectivity index (χ1v) is 6.99. The SMILES string of the molecule is Cl.NC1(c2noc(CNC(=O)c3cccs3)n2)CCC1. The number of nitrogens with one attached hydrogen (secondary N) is 1. The van der Waals surface area contributed by atoms with Crippen LogP contribution in [0.3, 0.4) is 0 Å². The maximum absolute atomic E-state index is 11.7. The van der Waals surface area contributed by atoms with Gasteiger partial charge >= 0.3 is 0 Å². The topological polar surface area (TPSA) is 94.0 Å². The van der Waals surface area contributed by atoms with Crippen LogP contribution in [0.1, 0.15) is 40.6 Å². The standard InChI is InChI=1S/C12H14N4O2S.ClH/c13-12(4-2-5-12)11-15-9(18-16-11)7-14-10(17)8-3-1-6-19-8;/h1,3,6H,2,4-5,7,13H2,(H,14,17);1H. The van der Waals surface area contributed by atoms with Crippen molar-refractivity contribution in [3.8, 4) is 0 Å². The Kier molecular flexibility index (Phi) is 4.42. The van der Waals surface area contributed by atoms with Gasteiger partial charge in [-0.25, -0.2) is 0 Å². The highest BCUT2D eigenvalue weighted by molar-refractivity contribution is 7.12. The summed E-state index contributed by atoms with van der Waals surface area (Å²) in [5.74, 6) is 0.789. The molecule has 1 amide bonds. The molecule has 0 saturated heterocycles. The molecule has 0 bridgehead atoms. The van der Waals surface area contributed by atoms with Gasteiger partial charge in [0.1, 0.15) is 0 Å². The van der Waals surface area contributed by atoms with Crippen molar-refractivity contribution in [2.45, 2.75) is 31.3 Å². The van der Waals surface area contributed by atoms with E-state index in [1.165, 1.54) is 11.3 Å². The monoisotopic (exact) mass is 314 g/mol. The van der Waals surface area contributed by atoms with E-state index in [1.807, 2.05) is 11.4 Å². The number of halogens is 1. The number of hydrogen-bond acceptors (Lipinski definition) is 6. The summed E-state index contributed by atoms with van der Waals surface area (Å²) < 4.78 is 5.10. The Balaban J connectivity index is 0.00000147. The van der Waals surface area contributed by atoms with Crippen molar-refractivity contribution in [1.29, 1.82) is 0 Å². The van der Waals surface area contributed by atoms with Gasteiger partial charge in [-0.3, -0.25) is 4.79 Å². The van der Waals surface area contributed by atoms with Gasteiger partial charge in [0.05, 0.1) is 17.0 Å². The molecule has 2 aromatic rings. The Hall–Kier alpha value is -1.44. The lowest BCUT2D eigenvalue weighted by Gasteiger charge is -2.34. The second-order valence-electron chi connectivity index (χ2n) is 4.68. The quantitative estimate of drug-likeness (QED) is 0.897. The number of hydrogen-bond donors (Lipinski definition) is 2. The molecular formula is C12H15ClN4O2S. The third-order valence-electron chi connectivity index (χ3n) is 3.30. The number of rotatable bonds is 4. The van der Waals surface area contributed by atoms with Crippen LogP contribution < -0.4 is 11.1 Å². The van der Waals surface area contributed by atoms with Crippen molar-refractivity contribution < 1.29 is 9.32 Å². The fourth-order valence-electron chi connectivity index (χ4n) is 1.96. The molecule has 3 rings (SSSR count). The summed E-state index contributed by atoms with van der Waals surface area (Å²) in [6.45, 7) is 0.222. The lowest BCUT2D eigenvalue weighted by molar-refractivity contribution is 0.0950. The third kappa shape index (κ3) is 2.84. The molecule has 8 heteroatoms. The largest absolute Gasteiger partial charge is 0.342 e. The highest BCUT2D eigenvalue weighted by Crippen LogP contribution is 2.36. The van der Waals surface area contributed by atoms with Crippen molar-refractivity contribution in [1.82, 2.24) is 15.5 Å². The number of nitrogens with zero attached hydrogens (tertiary/aromatic N) is 2. The summed E-state index contributed by atoms with van der Waals surface area (Å²) in [6, 6.07) is 3.60. The van der Waals surface area contributed by atoms with E-state index >= 15 is 0 Å². The molecule has 20 heavy (non-hydrogen) atoms. The Labute approximate surface area is 126 Å². The van der Waals surface area contributed by atoms with Crippen LogP contribution in [-0.2, 0) is 12.1 Å². The van der Waals surface area contributed by atoms with Crippen molar-refractivity contribution in [2.24, 2.45) is 5.73 Å².